The number of nitrogens with one attached hydrogen (secondary N) is 1. The van der Waals surface area contributed by atoms with Gasteiger partial charge in [-0.1, -0.05) is 18.2 Å². The molecule has 0 aliphatic rings. The highest BCUT2D eigenvalue weighted by atomic mass is 19.1. The van der Waals surface area contributed by atoms with Crippen molar-refractivity contribution in [3.05, 3.63) is 95.2 Å². The first-order valence-electron chi connectivity index (χ1n) is 9.64. The Morgan fingerprint density at radius 3 is 2.43 bits per heavy atom. The molecule has 0 spiro atoms. The van der Waals surface area contributed by atoms with E-state index in [4.69, 9.17) is 10.5 Å². The third-order valence-corrected chi connectivity index (χ3v) is 5.16. The molecule has 0 radical (unpaired) electrons. The summed E-state index contributed by atoms with van der Waals surface area (Å²) in [6.45, 7) is 2.03. The Bertz CT molecular complexity index is 1180. The first-order chi connectivity index (χ1) is 14.5. The van der Waals surface area contributed by atoms with Crippen molar-refractivity contribution < 1.29 is 13.5 Å². The van der Waals surface area contributed by atoms with Gasteiger partial charge in [0.15, 0.2) is 6.23 Å². The number of nitrogens with zero attached hydrogens (tertiary/aromatic N) is 1. The number of hydrogen-bond acceptors (Lipinski definition) is 3. The van der Waals surface area contributed by atoms with E-state index in [0.29, 0.717) is 5.69 Å². The molecule has 1 atom stereocenters. The van der Waals surface area contributed by atoms with Gasteiger partial charge in [-0.05, 0) is 61.0 Å². The third-order valence-electron chi connectivity index (χ3n) is 5.16. The van der Waals surface area contributed by atoms with Gasteiger partial charge in [-0.2, -0.15) is 0 Å². The number of hydrogen-bond donors (Lipinski definition) is 2. The Morgan fingerprint density at radius 1 is 1.00 bits per heavy atom. The van der Waals surface area contributed by atoms with Crippen molar-refractivity contribution in [2.75, 3.05) is 18.2 Å². The predicted octanol–water partition coefficient (Wildman–Crippen LogP) is 5.62. The molecule has 0 saturated carbocycles. The summed E-state index contributed by atoms with van der Waals surface area (Å²) in [5.74, 6) is -1.17. The number of nitrogen functional groups attached to an aromatic ring is 1. The lowest BCUT2D eigenvalue weighted by Gasteiger charge is -2.22. The molecule has 1 unspecified atom stereocenters. The van der Waals surface area contributed by atoms with E-state index in [1.54, 1.807) is 13.2 Å². The zero-order chi connectivity index (χ0) is 21.3. The highest BCUT2D eigenvalue weighted by Gasteiger charge is 2.21. The third kappa shape index (κ3) is 3.86. The molecule has 6 heteroatoms. The van der Waals surface area contributed by atoms with Crippen LogP contribution in [-0.4, -0.2) is 11.7 Å². The molecule has 0 aliphatic carbocycles. The second kappa shape index (κ2) is 8.16. The van der Waals surface area contributed by atoms with Gasteiger partial charge in [-0.25, -0.2) is 8.78 Å². The minimum Gasteiger partial charge on any atom is -0.399 e. The largest absolute Gasteiger partial charge is 0.399 e. The van der Waals surface area contributed by atoms with Crippen molar-refractivity contribution in [1.82, 2.24) is 4.57 Å². The lowest BCUT2D eigenvalue weighted by molar-refractivity contribution is 0.120. The van der Waals surface area contributed by atoms with E-state index in [9.17, 15) is 8.78 Å². The molecule has 0 fully saturated rings. The molecule has 0 saturated heterocycles. The normalized spacial score (nSPS) is 12.3. The van der Waals surface area contributed by atoms with Gasteiger partial charge in [0.2, 0.25) is 0 Å². The number of halogens is 2. The molecule has 0 amide bonds. The van der Waals surface area contributed by atoms with Crippen LogP contribution in [0.3, 0.4) is 0 Å². The van der Waals surface area contributed by atoms with Gasteiger partial charge >= 0.3 is 0 Å². The van der Waals surface area contributed by atoms with Crippen molar-refractivity contribution in [3.63, 3.8) is 0 Å². The molecule has 0 bridgehead atoms. The smallest absolute Gasteiger partial charge is 0.168 e. The minimum absolute atomic E-state index is 0.00140. The van der Waals surface area contributed by atoms with E-state index in [2.05, 4.69) is 5.32 Å². The Morgan fingerprint density at radius 2 is 1.73 bits per heavy atom. The van der Waals surface area contributed by atoms with Crippen LogP contribution < -0.4 is 11.1 Å². The average molecular weight is 407 g/mol. The van der Waals surface area contributed by atoms with Gasteiger partial charge in [0, 0.05) is 35.0 Å². The van der Waals surface area contributed by atoms with Crippen molar-refractivity contribution >= 4 is 22.3 Å². The maximum Gasteiger partial charge on any atom is 0.168 e. The van der Waals surface area contributed by atoms with Crippen LogP contribution in [0.4, 0.5) is 20.2 Å². The summed E-state index contributed by atoms with van der Waals surface area (Å²) < 4.78 is 36.4. The van der Waals surface area contributed by atoms with Gasteiger partial charge in [0.05, 0.1) is 12.2 Å². The average Bonchev–Trinajstić information content (AvgIpc) is 3.06. The van der Waals surface area contributed by atoms with Crippen LogP contribution in [0.5, 0.6) is 0 Å². The standard InChI is InChI=1S/C24H23F2N3O/c1-15-5-3-6-18(11-15)28-24(30-2)23-13-16-12-17(27)9-10-22(16)29(23)14-19-20(25)7-4-8-21(19)26/h3-13,24,28H,14,27H2,1-2H3. The molecule has 1 heterocycles. The van der Waals surface area contributed by atoms with Crippen molar-refractivity contribution in [2.24, 2.45) is 0 Å². The number of nitrogens with two attached hydrogens (primary N) is 1. The maximum atomic E-state index is 14.4. The van der Waals surface area contributed by atoms with E-state index in [0.717, 1.165) is 27.8 Å². The molecular weight excluding hydrogens is 384 g/mol. The number of aryl methyl sites for hydroxylation is 1. The zero-order valence-corrected chi connectivity index (χ0v) is 16.8. The van der Waals surface area contributed by atoms with Gasteiger partial charge < -0.3 is 20.4 Å². The van der Waals surface area contributed by atoms with Gasteiger partial charge in [0.25, 0.3) is 0 Å². The maximum absolute atomic E-state index is 14.4. The number of anilines is 2. The second-order valence-electron chi connectivity index (χ2n) is 7.30. The first-order valence-corrected chi connectivity index (χ1v) is 9.64. The van der Waals surface area contributed by atoms with Crippen molar-refractivity contribution in [3.8, 4) is 0 Å². The molecule has 4 rings (SSSR count). The van der Waals surface area contributed by atoms with Crippen LogP contribution in [-0.2, 0) is 11.3 Å². The Balaban J connectivity index is 1.82. The van der Waals surface area contributed by atoms with Crippen LogP contribution in [0.25, 0.3) is 10.9 Å². The number of ether oxygens (including phenoxy) is 1. The topological polar surface area (TPSA) is 52.2 Å². The highest BCUT2D eigenvalue weighted by Crippen LogP contribution is 2.30. The molecule has 4 aromatic rings. The van der Waals surface area contributed by atoms with Crippen LogP contribution in [0.1, 0.15) is 23.0 Å². The lowest BCUT2D eigenvalue weighted by atomic mass is 10.2. The van der Waals surface area contributed by atoms with Crippen molar-refractivity contribution in [2.45, 2.75) is 19.7 Å². The van der Waals surface area contributed by atoms with Crippen LogP contribution >= 0.6 is 0 Å². The first kappa shape index (κ1) is 19.9. The molecule has 0 aliphatic heterocycles. The fourth-order valence-electron chi connectivity index (χ4n) is 3.69. The fraction of sp³-hybridized carbons (Fsp3) is 0.167. The molecule has 4 nitrogen and oxygen atoms in total. The molecular formula is C24H23F2N3O. The summed E-state index contributed by atoms with van der Waals surface area (Å²) in [7, 11) is 1.59. The molecule has 3 aromatic carbocycles. The van der Waals surface area contributed by atoms with Crippen LogP contribution in [0, 0.1) is 18.6 Å². The monoisotopic (exact) mass is 407 g/mol. The number of rotatable bonds is 6. The summed E-state index contributed by atoms with van der Waals surface area (Å²) in [4.78, 5) is 0. The van der Waals surface area contributed by atoms with E-state index in [1.165, 1.54) is 18.2 Å². The molecule has 1 aromatic heterocycles. The van der Waals surface area contributed by atoms with Gasteiger partial charge in [-0.3, -0.25) is 0 Å². The number of benzene rings is 3. The van der Waals surface area contributed by atoms with E-state index >= 15 is 0 Å². The summed E-state index contributed by atoms with van der Waals surface area (Å²) in [6.07, 6.45) is -0.532. The van der Waals surface area contributed by atoms with E-state index in [1.807, 2.05) is 54.0 Å². The van der Waals surface area contributed by atoms with Gasteiger partial charge in [-0.15, -0.1) is 0 Å². The van der Waals surface area contributed by atoms with Crippen LogP contribution in [0.15, 0.2) is 66.7 Å². The quantitative estimate of drug-likeness (QED) is 0.322. The SMILES string of the molecule is COC(Nc1cccc(C)c1)c1cc2cc(N)ccc2n1Cc1c(F)cccc1F. The summed E-state index contributed by atoms with van der Waals surface area (Å²) in [5.41, 5.74) is 10.1. The number of fused-ring (bicyclic) bond motifs is 1. The highest BCUT2D eigenvalue weighted by molar-refractivity contribution is 5.84. The van der Waals surface area contributed by atoms with Crippen molar-refractivity contribution in [1.29, 1.82) is 0 Å². The Labute approximate surface area is 173 Å². The minimum atomic E-state index is -0.584. The van der Waals surface area contributed by atoms with E-state index in [-0.39, 0.29) is 12.1 Å². The second-order valence-corrected chi connectivity index (χ2v) is 7.30. The summed E-state index contributed by atoms with van der Waals surface area (Å²) in [5, 5.41) is 4.23. The molecule has 30 heavy (non-hydrogen) atoms. The summed E-state index contributed by atoms with van der Waals surface area (Å²) >= 11 is 0. The molecule has 154 valence electrons. The fourth-order valence-corrected chi connectivity index (χ4v) is 3.69. The lowest BCUT2D eigenvalue weighted by Crippen LogP contribution is -2.18. The number of methoxy groups -OCH3 is 1. The number of aromatic nitrogens is 1. The summed E-state index contributed by atoms with van der Waals surface area (Å²) in [6, 6.07) is 19.2. The Hall–Kier alpha value is -3.38. The predicted molar refractivity (Wildman–Crippen MR) is 116 cm³/mol. The molecule has 3 N–H and O–H groups in total. The zero-order valence-electron chi connectivity index (χ0n) is 16.8. The van der Waals surface area contributed by atoms with Crippen LogP contribution in [0.2, 0.25) is 0 Å². The Kier molecular flexibility index (Phi) is 5.42. The van der Waals surface area contributed by atoms with Gasteiger partial charge in [0.1, 0.15) is 11.6 Å². The van der Waals surface area contributed by atoms with E-state index < -0.39 is 17.9 Å².